The van der Waals surface area contributed by atoms with Crippen LogP contribution in [0.4, 0.5) is 0 Å². The summed E-state index contributed by atoms with van der Waals surface area (Å²) in [7, 11) is 1.59. The van der Waals surface area contributed by atoms with Gasteiger partial charge in [0.05, 0.1) is 12.6 Å². The number of methoxy groups -OCH3 is 1. The van der Waals surface area contributed by atoms with Crippen LogP contribution >= 0.6 is 0 Å². The minimum atomic E-state index is -0.193. The highest BCUT2D eigenvalue weighted by Crippen LogP contribution is 2.38. The number of aryl methyl sites for hydroxylation is 1. The fourth-order valence-corrected chi connectivity index (χ4v) is 3.85. The summed E-state index contributed by atoms with van der Waals surface area (Å²) in [6.07, 6.45) is 0.800. The van der Waals surface area contributed by atoms with Crippen molar-refractivity contribution in [3.05, 3.63) is 64.7 Å². The predicted molar refractivity (Wildman–Crippen MR) is 120 cm³/mol. The van der Waals surface area contributed by atoms with Gasteiger partial charge in [-0.1, -0.05) is 49.7 Å². The van der Waals surface area contributed by atoms with Crippen LogP contribution in [-0.4, -0.2) is 50.1 Å². The van der Waals surface area contributed by atoms with Crippen LogP contribution < -0.4 is 10.1 Å². The maximum Gasteiger partial charge on any atom is 0.258 e. The molecule has 6 nitrogen and oxygen atoms in total. The molecule has 0 saturated heterocycles. The van der Waals surface area contributed by atoms with Crippen molar-refractivity contribution in [2.45, 2.75) is 33.2 Å². The number of carbonyl (C=O) groups is 2. The van der Waals surface area contributed by atoms with Crippen molar-refractivity contribution in [1.82, 2.24) is 10.2 Å². The zero-order valence-corrected chi connectivity index (χ0v) is 18.8. The monoisotopic (exact) mass is 424 g/mol. The van der Waals surface area contributed by atoms with E-state index in [-0.39, 0.29) is 30.4 Å². The Bertz CT molecular complexity index is 908. The number of nitrogens with one attached hydrogen (secondary N) is 1. The summed E-state index contributed by atoms with van der Waals surface area (Å²) in [5.74, 6) is 0.489. The molecule has 1 N–H and O–H groups in total. The van der Waals surface area contributed by atoms with E-state index in [0.29, 0.717) is 25.4 Å². The highest BCUT2D eigenvalue weighted by atomic mass is 16.5. The fourth-order valence-electron chi connectivity index (χ4n) is 3.85. The normalized spacial score (nSPS) is 15.5. The van der Waals surface area contributed by atoms with E-state index in [2.05, 4.69) is 36.5 Å². The maximum absolute atomic E-state index is 13.0. The van der Waals surface area contributed by atoms with Crippen molar-refractivity contribution in [1.29, 1.82) is 0 Å². The molecule has 0 radical (unpaired) electrons. The summed E-state index contributed by atoms with van der Waals surface area (Å²) in [5.41, 5.74) is 4.52. The molecule has 1 aliphatic rings. The molecule has 1 atom stereocenters. The molecule has 0 spiro atoms. The third kappa shape index (κ3) is 5.64. The lowest BCUT2D eigenvalue weighted by molar-refractivity contribution is -0.136. The average molecular weight is 425 g/mol. The minimum absolute atomic E-state index is 0.0632. The Morgan fingerprint density at radius 3 is 2.58 bits per heavy atom. The number of carbonyl (C=O) groups excluding carboxylic acids is 2. The van der Waals surface area contributed by atoms with Gasteiger partial charge in [-0.05, 0) is 42.2 Å². The summed E-state index contributed by atoms with van der Waals surface area (Å²) < 4.78 is 10.7. The zero-order chi connectivity index (χ0) is 22.4. The second kappa shape index (κ2) is 10.4. The molecule has 2 amide bonds. The Kier molecular flexibility index (Phi) is 7.69. The van der Waals surface area contributed by atoms with Crippen LogP contribution in [0.15, 0.2) is 42.5 Å². The molecule has 166 valence electrons. The van der Waals surface area contributed by atoms with Gasteiger partial charge in [-0.3, -0.25) is 9.59 Å². The highest BCUT2D eigenvalue weighted by Gasteiger charge is 2.33. The molecule has 0 bridgehead atoms. The summed E-state index contributed by atoms with van der Waals surface area (Å²) in [6.45, 7) is 7.46. The Morgan fingerprint density at radius 2 is 1.90 bits per heavy atom. The molecule has 0 saturated carbocycles. The Hall–Kier alpha value is -2.86. The fraction of sp³-hybridized carbons (Fsp3) is 0.440. The van der Waals surface area contributed by atoms with Gasteiger partial charge < -0.3 is 19.7 Å². The first-order valence-corrected chi connectivity index (χ1v) is 10.8. The minimum Gasteiger partial charge on any atom is -0.484 e. The van der Waals surface area contributed by atoms with Crippen LogP contribution in [0, 0.1) is 12.8 Å². The Morgan fingerprint density at radius 1 is 1.16 bits per heavy atom. The van der Waals surface area contributed by atoms with Crippen molar-refractivity contribution < 1.29 is 19.1 Å². The van der Waals surface area contributed by atoms with Gasteiger partial charge in [-0.25, -0.2) is 0 Å². The van der Waals surface area contributed by atoms with E-state index in [1.807, 2.05) is 36.9 Å². The molecule has 1 aliphatic heterocycles. The van der Waals surface area contributed by atoms with Gasteiger partial charge in [0.15, 0.2) is 6.61 Å². The van der Waals surface area contributed by atoms with E-state index in [9.17, 15) is 9.59 Å². The highest BCUT2D eigenvalue weighted by molar-refractivity contribution is 5.80. The zero-order valence-electron chi connectivity index (χ0n) is 18.8. The second-order valence-corrected chi connectivity index (χ2v) is 8.24. The third-order valence-corrected chi connectivity index (χ3v) is 5.51. The third-order valence-electron chi connectivity index (χ3n) is 5.51. The lowest BCUT2D eigenvalue weighted by atomic mass is 9.87. The summed E-state index contributed by atoms with van der Waals surface area (Å²) >= 11 is 0. The first-order valence-electron chi connectivity index (χ1n) is 10.8. The van der Waals surface area contributed by atoms with Gasteiger partial charge in [-0.15, -0.1) is 0 Å². The van der Waals surface area contributed by atoms with Crippen LogP contribution in [-0.2, 0) is 20.7 Å². The number of amides is 2. The molecule has 0 aromatic heterocycles. The summed E-state index contributed by atoms with van der Waals surface area (Å²) in [6, 6.07) is 14.1. The SMILES string of the molecule is COCCNC(=O)COc1ccc2c(c1)C(c1ccc(C)cc1)N(C(=O)C(C)C)CC2. The van der Waals surface area contributed by atoms with Crippen molar-refractivity contribution in [3.8, 4) is 5.75 Å². The number of hydrogen-bond acceptors (Lipinski definition) is 4. The molecule has 2 aromatic rings. The van der Waals surface area contributed by atoms with Gasteiger partial charge in [0.1, 0.15) is 5.75 Å². The molecular formula is C25H32N2O4. The molecule has 0 fully saturated rings. The van der Waals surface area contributed by atoms with E-state index >= 15 is 0 Å². The van der Waals surface area contributed by atoms with Gasteiger partial charge in [0, 0.05) is 26.1 Å². The standard InChI is InChI=1S/C25H32N2O4/c1-17(2)25(29)27-13-11-19-9-10-21(31-16-23(28)26-12-14-30-4)15-22(19)24(27)20-7-5-18(3)6-8-20/h5-10,15,17,24H,11-14,16H2,1-4H3,(H,26,28). The smallest absolute Gasteiger partial charge is 0.258 e. The van der Waals surface area contributed by atoms with E-state index in [1.165, 1.54) is 11.1 Å². The lowest BCUT2D eigenvalue weighted by Crippen LogP contribution is -2.42. The van der Waals surface area contributed by atoms with Crippen molar-refractivity contribution in [2.24, 2.45) is 5.92 Å². The molecule has 2 aromatic carbocycles. The van der Waals surface area contributed by atoms with E-state index in [0.717, 1.165) is 17.5 Å². The molecule has 0 aliphatic carbocycles. The number of ether oxygens (including phenoxy) is 2. The molecular weight excluding hydrogens is 392 g/mol. The maximum atomic E-state index is 13.0. The van der Waals surface area contributed by atoms with Gasteiger partial charge in [0.2, 0.25) is 5.91 Å². The molecule has 6 heteroatoms. The number of fused-ring (bicyclic) bond motifs is 1. The largest absolute Gasteiger partial charge is 0.484 e. The van der Waals surface area contributed by atoms with E-state index < -0.39 is 0 Å². The van der Waals surface area contributed by atoms with Crippen molar-refractivity contribution in [2.75, 3.05) is 33.4 Å². The second-order valence-electron chi connectivity index (χ2n) is 8.24. The van der Waals surface area contributed by atoms with Crippen LogP contribution in [0.5, 0.6) is 5.75 Å². The van der Waals surface area contributed by atoms with Crippen molar-refractivity contribution in [3.63, 3.8) is 0 Å². The van der Waals surface area contributed by atoms with Crippen LogP contribution in [0.3, 0.4) is 0 Å². The van der Waals surface area contributed by atoms with E-state index in [1.54, 1.807) is 7.11 Å². The van der Waals surface area contributed by atoms with Crippen molar-refractivity contribution >= 4 is 11.8 Å². The number of rotatable bonds is 8. The lowest BCUT2D eigenvalue weighted by Gasteiger charge is -2.39. The number of nitrogens with zero attached hydrogens (tertiary/aromatic N) is 1. The molecule has 3 rings (SSSR count). The Labute approximate surface area is 184 Å². The summed E-state index contributed by atoms with van der Waals surface area (Å²) in [4.78, 5) is 27.0. The van der Waals surface area contributed by atoms with Crippen LogP contribution in [0.2, 0.25) is 0 Å². The molecule has 31 heavy (non-hydrogen) atoms. The van der Waals surface area contributed by atoms with Crippen LogP contribution in [0.1, 0.15) is 42.1 Å². The first-order chi connectivity index (χ1) is 14.9. The first kappa shape index (κ1) is 22.8. The topological polar surface area (TPSA) is 67.9 Å². The molecule has 1 heterocycles. The van der Waals surface area contributed by atoms with Crippen LogP contribution in [0.25, 0.3) is 0 Å². The number of benzene rings is 2. The van der Waals surface area contributed by atoms with Gasteiger partial charge in [0.25, 0.3) is 5.91 Å². The summed E-state index contributed by atoms with van der Waals surface area (Å²) in [5, 5.41) is 2.75. The predicted octanol–water partition coefficient (Wildman–Crippen LogP) is 3.27. The average Bonchev–Trinajstić information content (AvgIpc) is 2.77. The van der Waals surface area contributed by atoms with Gasteiger partial charge in [-0.2, -0.15) is 0 Å². The Balaban J connectivity index is 1.87. The quantitative estimate of drug-likeness (QED) is 0.661. The number of hydrogen-bond donors (Lipinski definition) is 1. The molecule has 1 unspecified atom stereocenters. The van der Waals surface area contributed by atoms with E-state index in [4.69, 9.17) is 9.47 Å². The van der Waals surface area contributed by atoms with Gasteiger partial charge >= 0.3 is 0 Å².